The average Bonchev–Trinajstić information content (AvgIpc) is 3.63. The normalized spacial score (nSPS) is 18.2. The lowest BCUT2D eigenvalue weighted by molar-refractivity contribution is -0.146. The Morgan fingerprint density at radius 3 is 2.00 bits per heavy atom. The van der Waals surface area contributed by atoms with Gasteiger partial charge in [-0.3, -0.25) is 33.8 Å². The van der Waals surface area contributed by atoms with E-state index in [-0.39, 0.29) is 29.9 Å². The van der Waals surface area contributed by atoms with Crippen LogP contribution < -0.4 is 21.3 Å². The number of rotatable bonds is 17. The van der Waals surface area contributed by atoms with Gasteiger partial charge >= 0.3 is 0 Å². The van der Waals surface area contributed by atoms with Crippen LogP contribution in [-0.2, 0) is 24.0 Å². The van der Waals surface area contributed by atoms with Gasteiger partial charge in [0.25, 0.3) is 11.8 Å². The Morgan fingerprint density at radius 2 is 1.42 bits per heavy atom. The fourth-order valence-corrected chi connectivity index (χ4v) is 6.41. The second-order valence-corrected chi connectivity index (χ2v) is 13.8. The molecule has 1 saturated heterocycles. The number of carbonyl (C=O) groups excluding carboxylic acids is 6. The van der Waals surface area contributed by atoms with Crippen molar-refractivity contribution in [2.75, 3.05) is 13.1 Å². The standard InChI is InChI=1S/C35H55N7O6/c1-6-23(5)29(41-32(45)26(19-22(3)4)39-33(46)28-21-36-15-16-37-28)34(47)40-27(20-24-13-9-8-10-14-24)31(44)38-25(7-2)30(43)35(48)42-17-11-12-18-42/h15-16,21-27,29H,6-14,17-20H2,1-5H3,(H,38,44)(H,39,46)(H,40,47)(H,41,45)/t23-,25+,26+,27+,29+/m1/s1. The Labute approximate surface area is 284 Å². The molecule has 48 heavy (non-hydrogen) atoms. The van der Waals surface area contributed by atoms with E-state index in [0.29, 0.717) is 32.4 Å². The fourth-order valence-electron chi connectivity index (χ4n) is 6.41. The van der Waals surface area contributed by atoms with Crippen LogP contribution in [0.1, 0.15) is 116 Å². The van der Waals surface area contributed by atoms with Crippen molar-refractivity contribution >= 4 is 35.3 Å². The van der Waals surface area contributed by atoms with E-state index in [4.69, 9.17) is 0 Å². The predicted octanol–water partition coefficient (Wildman–Crippen LogP) is 2.69. The monoisotopic (exact) mass is 669 g/mol. The van der Waals surface area contributed by atoms with Gasteiger partial charge < -0.3 is 26.2 Å². The van der Waals surface area contributed by atoms with Gasteiger partial charge in [-0.15, -0.1) is 0 Å². The summed E-state index contributed by atoms with van der Waals surface area (Å²) >= 11 is 0. The number of amides is 5. The molecule has 1 aromatic rings. The number of hydrogen-bond donors (Lipinski definition) is 4. The van der Waals surface area contributed by atoms with Gasteiger partial charge in [0.1, 0.15) is 23.8 Å². The molecule has 1 aliphatic carbocycles. The lowest BCUT2D eigenvalue weighted by Crippen LogP contribution is -2.60. The molecule has 0 bridgehead atoms. The minimum Gasteiger partial charge on any atom is -0.344 e. The number of nitrogens with zero attached hydrogens (tertiary/aromatic N) is 3. The Morgan fingerprint density at radius 1 is 0.771 bits per heavy atom. The summed E-state index contributed by atoms with van der Waals surface area (Å²) in [5.74, 6) is -3.40. The van der Waals surface area contributed by atoms with Gasteiger partial charge in [-0.05, 0) is 49.9 Å². The van der Waals surface area contributed by atoms with E-state index in [2.05, 4.69) is 31.2 Å². The molecule has 13 heteroatoms. The Balaban J connectivity index is 1.78. The maximum atomic E-state index is 14.0. The van der Waals surface area contributed by atoms with Crippen LogP contribution in [-0.4, -0.2) is 87.4 Å². The molecule has 0 unspecified atom stereocenters. The quantitative estimate of drug-likeness (QED) is 0.183. The molecule has 4 N–H and O–H groups in total. The summed E-state index contributed by atoms with van der Waals surface area (Å²) in [6, 6.07) is -3.90. The van der Waals surface area contributed by atoms with Gasteiger partial charge in [-0.25, -0.2) is 4.98 Å². The summed E-state index contributed by atoms with van der Waals surface area (Å²) in [5, 5.41) is 11.3. The number of Topliss-reactive ketones (excluding diaryl/α,β-unsaturated/α-hetero) is 1. The zero-order valence-electron chi connectivity index (χ0n) is 29.3. The van der Waals surface area contributed by atoms with Crippen LogP contribution in [0.25, 0.3) is 0 Å². The Hall–Kier alpha value is -3.90. The second-order valence-electron chi connectivity index (χ2n) is 13.8. The molecule has 13 nitrogen and oxygen atoms in total. The highest BCUT2D eigenvalue weighted by molar-refractivity contribution is 6.38. The van der Waals surface area contributed by atoms with E-state index in [1.54, 1.807) is 6.92 Å². The van der Waals surface area contributed by atoms with Crippen molar-refractivity contribution in [3.8, 4) is 0 Å². The zero-order valence-corrected chi connectivity index (χ0v) is 29.3. The van der Waals surface area contributed by atoms with E-state index >= 15 is 0 Å². The topological polar surface area (TPSA) is 180 Å². The molecule has 5 atom stereocenters. The second kappa shape index (κ2) is 19.2. The van der Waals surface area contributed by atoms with Crippen LogP contribution in [0.5, 0.6) is 0 Å². The van der Waals surface area contributed by atoms with Gasteiger partial charge in [-0.1, -0.05) is 73.1 Å². The summed E-state index contributed by atoms with van der Waals surface area (Å²) < 4.78 is 0. The largest absolute Gasteiger partial charge is 0.344 e. The summed E-state index contributed by atoms with van der Waals surface area (Å²) in [7, 11) is 0. The molecule has 1 aliphatic heterocycles. The summed E-state index contributed by atoms with van der Waals surface area (Å²) in [4.78, 5) is 89.7. The van der Waals surface area contributed by atoms with Crippen LogP contribution in [0.4, 0.5) is 0 Å². The average molecular weight is 670 g/mol. The smallest absolute Gasteiger partial charge is 0.292 e. The summed E-state index contributed by atoms with van der Waals surface area (Å²) in [6.07, 6.45) is 12.4. The predicted molar refractivity (Wildman–Crippen MR) is 180 cm³/mol. The molecule has 0 aromatic carbocycles. The van der Waals surface area contributed by atoms with Crippen LogP contribution in [0.3, 0.4) is 0 Å². The zero-order chi connectivity index (χ0) is 35.2. The third-order valence-corrected chi connectivity index (χ3v) is 9.49. The SMILES string of the molecule is CC[C@H](NC(=O)[C@H](CC1CCCCC1)NC(=O)[C@@H](NC(=O)[C@H](CC(C)C)NC(=O)c1cnccn1)[C@H](C)CC)C(=O)C(=O)N1CCCC1. The van der Waals surface area contributed by atoms with Gasteiger partial charge in [0.05, 0.1) is 12.2 Å². The number of likely N-dealkylation sites (tertiary alicyclic amines) is 1. The van der Waals surface area contributed by atoms with E-state index in [0.717, 1.165) is 44.9 Å². The molecular weight excluding hydrogens is 614 g/mol. The van der Waals surface area contributed by atoms with Crippen LogP contribution in [0, 0.1) is 17.8 Å². The van der Waals surface area contributed by atoms with Crippen LogP contribution in [0.15, 0.2) is 18.6 Å². The highest BCUT2D eigenvalue weighted by Crippen LogP contribution is 2.27. The summed E-state index contributed by atoms with van der Waals surface area (Å²) in [6.45, 7) is 10.4. The number of ketones is 1. The van der Waals surface area contributed by atoms with Crippen molar-refractivity contribution in [2.45, 2.75) is 129 Å². The highest BCUT2D eigenvalue weighted by atomic mass is 16.2. The molecule has 0 spiro atoms. The lowest BCUT2D eigenvalue weighted by Gasteiger charge is -2.31. The molecule has 266 valence electrons. The molecule has 2 heterocycles. The van der Waals surface area contributed by atoms with Crippen molar-refractivity contribution in [2.24, 2.45) is 17.8 Å². The first kappa shape index (κ1) is 38.5. The number of nitrogens with one attached hydrogen (secondary N) is 4. The molecule has 1 aromatic heterocycles. The highest BCUT2D eigenvalue weighted by Gasteiger charge is 2.36. The van der Waals surface area contributed by atoms with Gasteiger partial charge in [0.2, 0.25) is 23.5 Å². The van der Waals surface area contributed by atoms with Gasteiger partial charge in [-0.2, -0.15) is 0 Å². The lowest BCUT2D eigenvalue weighted by atomic mass is 9.84. The molecular formula is C35H55N7O6. The van der Waals surface area contributed by atoms with E-state index in [9.17, 15) is 28.8 Å². The molecule has 5 amide bonds. The third kappa shape index (κ3) is 11.4. The molecule has 1 saturated carbocycles. The minimum absolute atomic E-state index is 0.0499. The third-order valence-electron chi connectivity index (χ3n) is 9.49. The number of hydrogen-bond acceptors (Lipinski definition) is 8. The maximum absolute atomic E-state index is 14.0. The van der Waals surface area contributed by atoms with Crippen molar-refractivity contribution in [1.82, 2.24) is 36.1 Å². The first-order valence-electron chi connectivity index (χ1n) is 17.8. The van der Waals surface area contributed by atoms with E-state index in [1.165, 1.54) is 23.5 Å². The maximum Gasteiger partial charge on any atom is 0.292 e. The van der Waals surface area contributed by atoms with Crippen LogP contribution >= 0.6 is 0 Å². The molecule has 2 aliphatic rings. The van der Waals surface area contributed by atoms with Crippen molar-refractivity contribution in [1.29, 1.82) is 0 Å². The molecule has 3 rings (SSSR count). The number of carbonyl (C=O) groups is 6. The van der Waals surface area contributed by atoms with Crippen molar-refractivity contribution in [3.05, 3.63) is 24.3 Å². The first-order valence-corrected chi connectivity index (χ1v) is 17.8. The van der Waals surface area contributed by atoms with Crippen molar-refractivity contribution in [3.63, 3.8) is 0 Å². The van der Waals surface area contributed by atoms with Crippen LogP contribution in [0.2, 0.25) is 0 Å². The van der Waals surface area contributed by atoms with Crippen molar-refractivity contribution < 1.29 is 28.8 Å². The van der Waals surface area contributed by atoms with E-state index < -0.39 is 59.5 Å². The minimum atomic E-state index is -1.00. The fraction of sp³-hybridized carbons (Fsp3) is 0.714. The number of aromatic nitrogens is 2. The molecule has 2 fully saturated rings. The first-order chi connectivity index (χ1) is 22.9. The van der Waals surface area contributed by atoms with E-state index in [1.807, 2.05) is 27.7 Å². The summed E-state index contributed by atoms with van der Waals surface area (Å²) in [5.41, 5.74) is 0.0674. The van der Waals surface area contributed by atoms with Gasteiger partial charge in [0.15, 0.2) is 0 Å². The Kier molecular flexibility index (Phi) is 15.4. The molecule has 0 radical (unpaired) electrons. The van der Waals surface area contributed by atoms with Gasteiger partial charge in [0, 0.05) is 25.5 Å². The Bertz CT molecular complexity index is 1250.